The maximum Gasteiger partial charge on any atom is 0.318 e. The van der Waals surface area contributed by atoms with E-state index in [0.29, 0.717) is 51.3 Å². The lowest BCUT2D eigenvalue weighted by molar-refractivity contribution is -0.133. The Morgan fingerprint density at radius 2 is 2.05 bits per heavy atom. The van der Waals surface area contributed by atoms with Crippen LogP contribution in [-0.4, -0.2) is 107 Å². The van der Waals surface area contributed by atoms with E-state index in [1.165, 1.54) is 17.7 Å². The summed E-state index contributed by atoms with van der Waals surface area (Å²) in [6.45, 7) is 7.76. The second kappa shape index (κ2) is 11.0. The molecule has 42 heavy (non-hydrogen) atoms. The molecule has 3 atom stereocenters. The Kier molecular flexibility index (Phi) is 7.07. The quantitative estimate of drug-likeness (QED) is 0.403. The van der Waals surface area contributed by atoms with Crippen LogP contribution in [-0.2, 0) is 17.8 Å². The molecular formula is C30H38N10O2. The third kappa shape index (κ3) is 5.01. The van der Waals surface area contributed by atoms with Crippen LogP contribution in [0.3, 0.4) is 0 Å². The van der Waals surface area contributed by atoms with Gasteiger partial charge in [-0.1, -0.05) is 6.07 Å². The lowest BCUT2D eigenvalue weighted by Gasteiger charge is -2.42. The molecule has 3 aromatic rings. The number of aryl methyl sites for hydroxylation is 1. The number of benzene rings is 1. The summed E-state index contributed by atoms with van der Waals surface area (Å²) in [5.74, 6) is 0.982. The highest BCUT2D eigenvalue weighted by molar-refractivity contribution is 5.93. The molecule has 2 N–H and O–H groups in total. The Labute approximate surface area is 245 Å². The van der Waals surface area contributed by atoms with Gasteiger partial charge in [-0.05, 0) is 51.4 Å². The largest absolute Gasteiger partial charge is 0.462 e. The van der Waals surface area contributed by atoms with Crippen LogP contribution in [0, 0.1) is 18.3 Å². The van der Waals surface area contributed by atoms with E-state index < -0.39 is 0 Å². The number of H-pyrrole nitrogens is 1. The van der Waals surface area contributed by atoms with Crippen LogP contribution in [0.2, 0.25) is 0 Å². The average molecular weight is 571 g/mol. The number of carbonyl (C=O) groups is 1. The van der Waals surface area contributed by atoms with Crippen molar-refractivity contribution in [1.82, 2.24) is 35.3 Å². The molecule has 1 aromatic carbocycles. The number of amides is 1. The van der Waals surface area contributed by atoms with E-state index in [-0.39, 0.29) is 18.0 Å². The van der Waals surface area contributed by atoms with Crippen LogP contribution in [0.15, 0.2) is 18.3 Å². The molecule has 4 aliphatic rings. The summed E-state index contributed by atoms with van der Waals surface area (Å²) in [5.41, 5.74) is 5.50. The van der Waals surface area contributed by atoms with E-state index in [9.17, 15) is 10.1 Å². The fourth-order valence-electron chi connectivity index (χ4n) is 6.85. The standard InChI is InChI=1S/C30H38N10O2/c1-19-5-6-24-23(14-33-36-24)27(19)38-11-8-22-26(17-38)34-30(42-18-21-4-3-10-37(21)2)35-28(22)39-12-13-40(20(16-39)7-9-31)29(41)25-15-32-25/h5-6,14,20-21,25,32H,3-4,7-8,10-13,15-18H2,1-2H3,(H,33,36)/t20-,21-,25-/m0/s1. The number of hydrogen-bond acceptors (Lipinski definition) is 10. The molecule has 4 aliphatic heterocycles. The number of aromatic nitrogens is 4. The van der Waals surface area contributed by atoms with Gasteiger partial charge in [-0.3, -0.25) is 9.89 Å². The Bertz CT molecular complexity index is 1530. The fourth-order valence-corrected chi connectivity index (χ4v) is 6.85. The highest BCUT2D eigenvalue weighted by Gasteiger charge is 2.39. The zero-order valence-corrected chi connectivity index (χ0v) is 24.3. The van der Waals surface area contributed by atoms with Gasteiger partial charge < -0.3 is 29.7 Å². The molecule has 12 nitrogen and oxygen atoms in total. The third-order valence-corrected chi connectivity index (χ3v) is 9.31. The van der Waals surface area contributed by atoms with Crippen molar-refractivity contribution in [2.45, 2.75) is 57.3 Å². The lowest BCUT2D eigenvalue weighted by atomic mass is 10.0. The molecule has 0 spiro atoms. The molecule has 3 fully saturated rings. The van der Waals surface area contributed by atoms with Crippen molar-refractivity contribution < 1.29 is 9.53 Å². The molecule has 0 unspecified atom stereocenters. The molecule has 0 radical (unpaired) electrons. The smallest absolute Gasteiger partial charge is 0.318 e. The highest BCUT2D eigenvalue weighted by atomic mass is 16.5. The summed E-state index contributed by atoms with van der Waals surface area (Å²) in [4.78, 5) is 31.8. The summed E-state index contributed by atoms with van der Waals surface area (Å²) in [6.07, 6.45) is 5.27. The van der Waals surface area contributed by atoms with Gasteiger partial charge in [-0.25, -0.2) is 0 Å². The van der Waals surface area contributed by atoms with Crippen LogP contribution in [0.25, 0.3) is 10.9 Å². The number of nitrogens with zero attached hydrogens (tertiary/aromatic N) is 8. The number of nitrogens with one attached hydrogen (secondary N) is 2. The summed E-state index contributed by atoms with van der Waals surface area (Å²) >= 11 is 0. The Balaban J connectivity index is 1.20. The first-order valence-corrected chi connectivity index (χ1v) is 15.1. The number of carbonyl (C=O) groups excluding carboxylic acids is 1. The Hall–Kier alpha value is -3.95. The molecule has 1 amide bonds. The van der Waals surface area contributed by atoms with Crippen molar-refractivity contribution in [3.63, 3.8) is 0 Å². The van der Waals surface area contributed by atoms with Gasteiger partial charge in [0.2, 0.25) is 5.91 Å². The van der Waals surface area contributed by atoms with E-state index in [2.05, 4.69) is 62.4 Å². The number of nitriles is 1. The highest BCUT2D eigenvalue weighted by Crippen LogP contribution is 2.36. The second-order valence-corrected chi connectivity index (χ2v) is 12.0. The number of ether oxygens (including phenoxy) is 1. The SMILES string of the molecule is Cc1ccc2[nH]ncc2c1N1CCc2c(nc(OC[C@@H]3CCCN3C)nc2N2CCN(C(=O)[C@@H]3CN3)[C@@H](CC#N)C2)C1. The van der Waals surface area contributed by atoms with Crippen LogP contribution >= 0.6 is 0 Å². The number of likely N-dealkylation sites (N-methyl/N-ethyl adjacent to an activating group) is 1. The first kappa shape index (κ1) is 26.9. The summed E-state index contributed by atoms with van der Waals surface area (Å²) in [5, 5.41) is 21.2. The van der Waals surface area contributed by atoms with E-state index in [4.69, 9.17) is 14.7 Å². The summed E-state index contributed by atoms with van der Waals surface area (Å²) < 4.78 is 6.30. The average Bonchev–Trinajstić information content (AvgIpc) is 3.60. The van der Waals surface area contributed by atoms with Gasteiger partial charge in [0.25, 0.3) is 0 Å². The number of hydrogen-bond donors (Lipinski definition) is 2. The van der Waals surface area contributed by atoms with Gasteiger partial charge in [0.15, 0.2) is 0 Å². The zero-order valence-electron chi connectivity index (χ0n) is 24.3. The molecule has 220 valence electrons. The molecule has 12 heteroatoms. The molecule has 6 heterocycles. The molecular weight excluding hydrogens is 532 g/mol. The monoisotopic (exact) mass is 570 g/mol. The van der Waals surface area contributed by atoms with Gasteiger partial charge in [0.1, 0.15) is 12.4 Å². The summed E-state index contributed by atoms with van der Waals surface area (Å²) in [7, 11) is 2.14. The maximum absolute atomic E-state index is 13.0. The molecule has 0 bridgehead atoms. The van der Waals surface area contributed by atoms with Gasteiger partial charge in [-0.15, -0.1) is 0 Å². The van der Waals surface area contributed by atoms with Crippen molar-refractivity contribution in [1.29, 1.82) is 5.26 Å². The zero-order chi connectivity index (χ0) is 28.8. The number of fused-ring (bicyclic) bond motifs is 2. The Morgan fingerprint density at radius 1 is 1.17 bits per heavy atom. The minimum Gasteiger partial charge on any atom is -0.462 e. The lowest BCUT2D eigenvalue weighted by Crippen LogP contribution is -2.57. The third-order valence-electron chi connectivity index (χ3n) is 9.31. The van der Waals surface area contributed by atoms with Crippen LogP contribution in [0.4, 0.5) is 11.5 Å². The van der Waals surface area contributed by atoms with E-state index in [0.717, 1.165) is 60.5 Å². The van der Waals surface area contributed by atoms with Gasteiger partial charge in [0, 0.05) is 49.7 Å². The molecule has 2 aromatic heterocycles. The topological polar surface area (TPSA) is 139 Å². The first-order valence-electron chi connectivity index (χ1n) is 15.1. The van der Waals surface area contributed by atoms with Crippen molar-refractivity contribution in [3.8, 4) is 12.1 Å². The molecule has 7 rings (SSSR count). The predicted octanol–water partition coefficient (Wildman–Crippen LogP) is 1.60. The van der Waals surface area contributed by atoms with E-state index in [1.54, 1.807) is 0 Å². The number of aromatic amines is 1. The first-order chi connectivity index (χ1) is 20.5. The molecule has 3 saturated heterocycles. The molecule has 0 aliphatic carbocycles. The van der Waals surface area contributed by atoms with Crippen molar-refractivity contribution in [2.75, 3.05) is 62.7 Å². The second-order valence-electron chi connectivity index (χ2n) is 12.0. The van der Waals surface area contributed by atoms with Crippen LogP contribution < -0.4 is 19.9 Å². The maximum atomic E-state index is 13.0. The fraction of sp³-hybridized carbons (Fsp3) is 0.567. The van der Waals surface area contributed by atoms with Gasteiger partial charge in [-0.2, -0.15) is 20.3 Å². The van der Waals surface area contributed by atoms with E-state index in [1.807, 2.05) is 11.1 Å². The number of anilines is 2. The number of piperazine rings is 1. The van der Waals surface area contributed by atoms with Crippen molar-refractivity contribution >= 4 is 28.3 Å². The van der Waals surface area contributed by atoms with Crippen molar-refractivity contribution in [2.24, 2.45) is 0 Å². The summed E-state index contributed by atoms with van der Waals surface area (Å²) in [6, 6.07) is 7.00. The van der Waals surface area contributed by atoms with E-state index >= 15 is 0 Å². The molecule has 0 saturated carbocycles. The minimum absolute atomic E-state index is 0.101. The number of likely N-dealkylation sites (tertiary alicyclic amines) is 1. The minimum atomic E-state index is -0.179. The van der Waals surface area contributed by atoms with Gasteiger partial charge >= 0.3 is 6.01 Å². The van der Waals surface area contributed by atoms with Gasteiger partial charge in [0.05, 0.1) is 54.2 Å². The predicted molar refractivity (Wildman–Crippen MR) is 158 cm³/mol. The van der Waals surface area contributed by atoms with Crippen LogP contribution in [0.5, 0.6) is 6.01 Å². The van der Waals surface area contributed by atoms with Crippen molar-refractivity contribution in [3.05, 3.63) is 35.2 Å². The Morgan fingerprint density at radius 3 is 2.83 bits per heavy atom. The van der Waals surface area contributed by atoms with Crippen LogP contribution in [0.1, 0.15) is 36.1 Å². The number of rotatable bonds is 7. The normalized spacial score (nSPS) is 24.1.